The summed E-state index contributed by atoms with van der Waals surface area (Å²) in [6.07, 6.45) is 2.06. The highest BCUT2D eigenvalue weighted by molar-refractivity contribution is 5.43. The lowest BCUT2D eigenvalue weighted by Crippen LogP contribution is -2.21. The van der Waals surface area contributed by atoms with Crippen LogP contribution in [0.3, 0.4) is 0 Å². The van der Waals surface area contributed by atoms with Gasteiger partial charge in [0.15, 0.2) is 0 Å². The lowest BCUT2D eigenvalue weighted by Gasteiger charge is -2.14. The number of anilines is 2. The van der Waals surface area contributed by atoms with Crippen molar-refractivity contribution in [2.24, 2.45) is 5.92 Å². The molecule has 0 saturated heterocycles. The third-order valence-electron chi connectivity index (χ3n) is 2.05. The van der Waals surface area contributed by atoms with E-state index in [1.54, 1.807) is 18.3 Å². The van der Waals surface area contributed by atoms with E-state index in [1.165, 1.54) is 0 Å². The summed E-state index contributed by atoms with van der Waals surface area (Å²) in [4.78, 5) is 4.08. The van der Waals surface area contributed by atoms with Gasteiger partial charge in [-0.15, -0.1) is 0 Å². The molecule has 0 radical (unpaired) electrons. The zero-order valence-electron chi connectivity index (χ0n) is 9.27. The van der Waals surface area contributed by atoms with Gasteiger partial charge in [0.2, 0.25) is 0 Å². The van der Waals surface area contributed by atoms with Gasteiger partial charge in [-0.2, -0.15) is 0 Å². The van der Waals surface area contributed by atoms with Crippen LogP contribution in [0.2, 0.25) is 0 Å². The van der Waals surface area contributed by atoms with Gasteiger partial charge in [-0.25, -0.2) is 4.98 Å². The first kappa shape index (κ1) is 11.8. The summed E-state index contributed by atoms with van der Waals surface area (Å²) >= 11 is 0. The Bertz CT molecular complexity index is 284. The minimum atomic E-state index is -0.329. The maximum atomic E-state index is 9.62. The molecule has 4 nitrogen and oxygen atoms in total. The van der Waals surface area contributed by atoms with Crippen LogP contribution in [0.4, 0.5) is 11.5 Å². The van der Waals surface area contributed by atoms with Crippen LogP contribution in [0.25, 0.3) is 0 Å². The summed E-state index contributed by atoms with van der Waals surface area (Å²) in [5.74, 6) is 1.24. The molecule has 84 valence electrons. The molecule has 1 atom stereocenters. The number of nitrogen functional groups attached to an aromatic ring is 1. The first-order valence-corrected chi connectivity index (χ1v) is 5.21. The van der Waals surface area contributed by atoms with Gasteiger partial charge in [-0.05, 0) is 24.5 Å². The van der Waals surface area contributed by atoms with Crippen molar-refractivity contribution >= 4 is 11.5 Å². The van der Waals surface area contributed by atoms with Crippen molar-refractivity contribution in [1.29, 1.82) is 0 Å². The first-order chi connectivity index (χ1) is 7.08. The number of rotatable bonds is 5. The molecule has 0 aromatic carbocycles. The molecule has 4 heteroatoms. The quantitative estimate of drug-likeness (QED) is 0.687. The maximum Gasteiger partial charge on any atom is 0.126 e. The highest BCUT2D eigenvalue weighted by Gasteiger charge is 2.06. The summed E-state index contributed by atoms with van der Waals surface area (Å²) in [5, 5.41) is 12.7. The molecule has 1 aromatic rings. The fraction of sp³-hybridized carbons (Fsp3) is 0.545. The summed E-state index contributed by atoms with van der Waals surface area (Å²) < 4.78 is 0. The second kappa shape index (κ2) is 5.56. The number of nitrogens with two attached hydrogens (primary N) is 1. The minimum Gasteiger partial charge on any atom is -0.397 e. The maximum absolute atomic E-state index is 9.62. The summed E-state index contributed by atoms with van der Waals surface area (Å²) in [6.45, 7) is 4.70. The molecule has 0 saturated carbocycles. The molecule has 0 spiro atoms. The molecule has 0 aliphatic heterocycles. The van der Waals surface area contributed by atoms with Gasteiger partial charge in [0.1, 0.15) is 5.82 Å². The first-order valence-electron chi connectivity index (χ1n) is 5.21. The van der Waals surface area contributed by atoms with Crippen molar-refractivity contribution in [3.8, 4) is 0 Å². The van der Waals surface area contributed by atoms with Gasteiger partial charge < -0.3 is 16.2 Å². The third-order valence-corrected chi connectivity index (χ3v) is 2.05. The van der Waals surface area contributed by atoms with Crippen LogP contribution in [-0.2, 0) is 0 Å². The van der Waals surface area contributed by atoms with E-state index in [2.05, 4.69) is 24.1 Å². The van der Waals surface area contributed by atoms with Crippen LogP contribution in [0, 0.1) is 5.92 Å². The van der Waals surface area contributed by atoms with Gasteiger partial charge in [-0.1, -0.05) is 13.8 Å². The molecule has 0 amide bonds. The Morgan fingerprint density at radius 2 is 2.20 bits per heavy atom. The number of nitrogens with one attached hydrogen (secondary N) is 1. The number of aliphatic hydroxyl groups excluding tert-OH is 1. The molecule has 1 heterocycles. The largest absolute Gasteiger partial charge is 0.397 e. The summed E-state index contributed by atoms with van der Waals surface area (Å²) in [5.41, 5.74) is 6.15. The van der Waals surface area contributed by atoms with Crippen LogP contribution in [-0.4, -0.2) is 22.7 Å². The topological polar surface area (TPSA) is 71.2 Å². The van der Waals surface area contributed by atoms with Crippen molar-refractivity contribution in [2.45, 2.75) is 26.4 Å². The van der Waals surface area contributed by atoms with E-state index in [0.29, 0.717) is 18.2 Å². The minimum absolute atomic E-state index is 0.329. The predicted octanol–water partition coefficient (Wildman–Crippen LogP) is 1.48. The smallest absolute Gasteiger partial charge is 0.126 e. The van der Waals surface area contributed by atoms with Crippen LogP contribution in [0.15, 0.2) is 18.3 Å². The number of aromatic nitrogens is 1. The lowest BCUT2D eigenvalue weighted by molar-refractivity contribution is 0.161. The Morgan fingerprint density at radius 3 is 2.73 bits per heavy atom. The van der Waals surface area contributed by atoms with Crippen molar-refractivity contribution in [3.05, 3.63) is 18.3 Å². The molecule has 15 heavy (non-hydrogen) atoms. The highest BCUT2D eigenvalue weighted by atomic mass is 16.3. The van der Waals surface area contributed by atoms with E-state index >= 15 is 0 Å². The van der Waals surface area contributed by atoms with Crippen molar-refractivity contribution < 1.29 is 5.11 Å². The van der Waals surface area contributed by atoms with Gasteiger partial charge in [0.05, 0.1) is 18.0 Å². The third kappa shape index (κ3) is 4.65. The van der Waals surface area contributed by atoms with Crippen molar-refractivity contribution in [1.82, 2.24) is 4.98 Å². The Kier molecular flexibility index (Phi) is 4.37. The molecule has 1 rings (SSSR count). The fourth-order valence-electron chi connectivity index (χ4n) is 1.36. The standard InChI is InChI=1S/C11H19N3O/c1-8(2)5-10(15)7-14-11-4-3-9(12)6-13-11/h3-4,6,8,10,15H,5,7,12H2,1-2H3,(H,13,14). The molecule has 0 aliphatic carbocycles. The fourth-order valence-corrected chi connectivity index (χ4v) is 1.36. The summed E-state index contributed by atoms with van der Waals surface area (Å²) in [7, 11) is 0. The van der Waals surface area contributed by atoms with Gasteiger partial charge in [0, 0.05) is 6.54 Å². The second-order valence-corrected chi connectivity index (χ2v) is 4.14. The van der Waals surface area contributed by atoms with E-state index in [4.69, 9.17) is 5.73 Å². The van der Waals surface area contributed by atoms with E-state index in [0.717, 1.165) is 12.2 Å². The van der Waals surface area contributed by atoms with Crippen LogP contribution in [0.5, 0.6) is 0 Å². The summed E-state index contributed by atoms with van der Waals surface area (Å²) in [6, 6.07) is 3.58. The van der Waals surface area contributed by atoms with Gasteiger partial charge in [0.25, 0.3) is 0 Å². The Labute approximate surface area is 90.5 Å². The van der Waals surface area contributed by atoms with Crippen molar-refractivity contribution in [3.63, 3.8) is 0 Å². The van der Waals surface area contributed by atoms with E-state index < -0.39 is 0 Å². The SMILES string of the molecule is CC(C)CC(O)CNc1ccc(N)cn1. The monoisotopic (exact) mass is 209 g/mol. The number of hydrogen-bond donors (Lipinski definition) is 3. The molecular formula is C11H19N3O. The van der Waals surface area contributed by atoms with Crippen LogP contribution in [0.1, 0.15) is 20.3 Å². The molecule has 0 aliphatic rings. The van der Waals surface area contributed by atoms with Crippen LogP contribution < -0.4 is 11.1 Å². The van der Waals surface area contributed by atoms with Gasteiger partial charge in [-0.3, -0.25) is 0 Å². The van der Waals surface area contributed by atoms with E-state index in [-0.39, 0.29) is 6.10 Å². The average molecular weight is 209 g/mol. The normalized spacial score (nSPS) is 12.8. The van der Waals surface area contributed by atoms with E-state index in [9.17, 15) is 5.11 Å². The molecule has 4 N–H and O–H groups in total. The molecule has 1 aromatic heterocycles. The molecular weight excluding hydrogens is 190 g/mol. The van der Waals surface area contributed by atoms with Crippen LogP contribution >= 0.6 is 0 Å². The Balaban J connectivity index is 2.33. The molecule has 1 unspecified atom stereocenters. The Hall–Kier alpha value is -1.29. The number of aliphatic hydroxyl groups is 1. The number of hydrogen-bond acceptors (Lipinski definition) is 4. The number of pyridine rings is 1. The average Bonchev–Trinajstić information content (AvgIpc) is 2.16. The highest BCUT2D eigenvalue weighted by Crippen LogP contribution is 2.08. The zero-order chi connectivity index (χ0) is 11.3. The van der Waals surface area contributed by atoms with E-state index in [1.807, 2.05) is 0 Å². The number of nitrogens with zero attached hydrogens (tertiary/aromatic N) is 1. The molecule has 0 fully saturated rings. The zero-order valence-corrected chi connectivity index (χ0v) is 9.27. The Morgan fingerprint density at radius 1 is 1.47 bits per heavy atom. The second-order valence-electron chi connectivity index (χ2n) is 4.14. The van der Waals surface area contributed by atoms with Crippen molar-refractivity contribution in [2.75, 3.05) is 17.6 Å². The van der Waals surface area contributed by atoms with Gasteiger partial charge >= 0.3 is 0 Å². The lowest BCUT2D eigenvalue weighted by atomic mass is 10.1. The molecule has 0 bridgehead atoms. The predicted molar refractivity (Wildman–Crippen MR) is 62.6 cm³/mol.